The third kappa shape index (κ3) is 3.94. The third-order valence-electron chi connectivity index (χ3n) is 4.33. The molecular formula is C17H23Cl2N3O. The number of carbonyl (C=O) groups excluding carboxylic acids is 1. The minimum atomic E-state index is 0. The average Bonchev–Trinajstić information content (AvgIpc) is 2.95. The number of carbonyl (C=O) groups is 1. The number of halogens is 2. The van der Waals surface area contributed by atoms with Crippen LogP contribution in [0.4, 0.5) is 0 Å². The molecule has 2 N–H and O–H groups in total. The van der Waals surface area contributed by atoms with E-state index in [-0.39, 0.29) is 36.8 Å². The minimum Gasteiger partial charge on any atom is -0.338 e. The van der Waals surface area contributed by atoms with Crippen LogP contribution in [0.2, 0.25) is 0 Å². The van der Waals surface area contributed by atoms with Crippen molar-refractivity contribution in [1.29, 1.82) is 0 Å². The van der Waals surface area contributed by atoms with Crippen molar-refractivity contribution in [3.05, 3.63) is 41.6 Å². The number of nitrogens with zero attached hydrogens (tertiary/aromatic N) is 2. The van der Waals surface area contributed by atoms with Crippen molar-refractivity contribution < 1.29 is 4.79 Å². The van der Waals surface area contributed by atoms with Gasteiger partial charge in [0.1, 0.15) is 0 Å². The van der Waals surface area contributed by atoms with Gasteiger partial charge >= 0.3 is 0 Å². The van der Waals surface area contributed by atoms with Crippen LogP contribution in [0.5, 0.6) is 0 Å². The molecule has 6 heteroatoms. The predicted octanol–water partition coefficient (Wildman–Crippen LogP) is 3.20. The van der Waals surface area contributed by atoms with Gasteiger partial charge in [-0.05, 0) is 38.3 Å². The summed E-state index contributed by atoms with van der Waals surface area (Å²) >= 11 is 0. The Balaban J connectivity index is 0.00000132. The summed E-state index contributed by atoms with van der Waals surface area (Å²) in [5.74, 6) is 0.503. The SMILES string of the molecule is Cc1cc(C(=O)N2CCC(C(C)N)C2)c2ccccc2n1.Cl.Cl. The van der Waals surface area contributed by atoms with Gasteiger partial charge in [0.2, 0.25) is 0 Å². The summed E-state index contributed by atoms with van der Waals surface area (Å²) in [6.07, 6.45) is 0.991. The molecule has 0 radical (unpaired) electrons. The second-order valence-corrected chi connectivity index (χ2v) is 5.99. The van der Waals surface area contributed by atoms with Gasteiger partial charge in [0.05, 0.1) is 11.1 Å². The number of para-hydroxylation sites is 1. The van der Waals surface area contributed by atoms with Gasteiger partial charge in [0, 0.05) is 30.2 Å². The fourth-order valence-corrected chi connectivity index (χ4v) is 3.06. The highest BCUT2D eigenvalue weighted by atomic mass is 35.5. The number of nitrogens with two attached hydrogens (primary N) is 1. The molecule has 1 amide bonds. The van der Waals surface area contributed by atoms with Gasteiger partial charge < -0.3 is 10.6 Å². The maximum atomic E-state index is 12.8. The zero-order valence-electron chi connectivity index (χ0n) is 13.4. The fourth-order valence-electron chi connectivity index (χ4n) is 3.06. The van der Waals surface area contributed by atoms with Gasteiger partial charge in [-0.15, -0.1) is 24.8 Å². The van der Waals surface area contributed by atoms with E-state index in [9.17, 15) is 4.79 Å². The quantitative estimate of drug-likeness (QED) is 0.899. The molecule has 23 heavy (non-hydrogen) atoms. The molecular weight excluding hydrogens is 333 g/mol. The van der Waals surface area contributed by atoms with Gasteiger partial charge in [-0.25, -0.2) is 0 Å². The summed E-state index contributed by atoms with van der Waals surface area (Å²) < 4.78 is 0. The van der Waals surface area contributed by atoms with Crippen LogP contribution in [0.15, 0.2) is 30.3 Å². The smallest absolute Gasteiger partial charge is 0.254 e. The van der Waals surface area contributed by atoms with Crippen LogP contribution in [0, 0.1) is 12.8 Å². The van der Waals surface area contributed by atoms with Gasteiger partial charge in [0.25, 0.3) is 5.91 Å². The van der Waals surface area contributed by atoms with Crippen LogP contribution in [-0.2, 0) is 0 Å². The highest BCUT2D eigenvalue weighted by Crippen LogP contribution is 2.24. The molecule has 1 saturated heterocycles. The minimum absolute atomic E-state index is 0. The fraction of sp³-hybridized carbons (Fsp3) is 0.412. The molecule has 1 fully saturated rings. The molecule has 3 rings (SSSR count). The lowest BCUT2D eigenvalue weighted by atomic mass is 10.0. The zero-order chi connectivity index (χ0) is 15.0. The van der Waals surface area contributed by atoms with E-state index < -0.39 is 0 Å². The summed E-state index contributed by atoms with van der Waals surface area (Å²) in [5.41, 5.74) is 8.47. The third-order valence-corrected chi connectivity index (χ3v) is 4.33. The van der Waals surface area contributed by atoms with E-state index in [1.54, 1.807) is 0 Å². The van der Waals surface area contributed by atoms with E-state index in [0.29, 0.717) is 5.92 Å². The number of rotatable bonds is 2. The largest absolute Gasteiger partial charge is 0.338 e. The molecule has 2 unspecified atom stereocenters. The van der Waals surface area contributed by atoms with Crippen LogP contribution in [0.25, 0.3) is 10.9 Å². The number of hydrogen-bond acceptors (Lipinski definition) is 3. The van der Waals surface area contributed by atoms with Gasteiger partial charge in [-0.1, -0.05) is 18.2 Å². The van der Waals surface area contributed by atoms with Gasteiger partial charge in [-0.2, -0.15) is 0 Å². The Bertz CT molecular complexity index is 691. The second kappa shape index (κ2) is 7.95. The maximum Gasteiger partial charge on any atom is 0.254 e. The molecule has 2 aromatic rings. The summed E-state index contributed by atoms with van der Waals surface area (Å²) in [6, 6.07) is 9.85. The normalized spacial score (nSPS) is 18.2. The molecule has 0 aliphatic carbocycles. The molecule has 0 saturated carbocycles. The number of amides is 1. The first-order valence-corrected chi connectivity index (χ1v) is 7.47. The lowest BCUT2D eigenvalue weighted by molar-refractivity contribution is 0.0787. The number of fused-ring (bicyclic) bond motifs is 1. The van der Waals surface area contributed by atoms with Crippen molar-refractivity contribution in [3.63, 3.8) is 0 Å². The van der Waals surface area contributed by atoms with Crippen molar-refractivity contribution in [2.45, 2.75) is 26.3 Å². The Morgan fingerprint density at radius 3 is 2.70 bits per heavy atom. The maximum absolute atomic E-state index is 12.8. The number of aromatic nitrogens is 1. The standard InChI is InChI=1S/C17H21N3O.2ClH/c1-11-9-15(14-5-3-4-6-16(14)19-11)17(21)20-8-7-13(10-20)12(2)18;;/h3-6,9,12-13H,7-8,10,18H2,1-2H3;2*1H. The van der Waals surface area contributed by atoms with E-state index in [1.165, 1.54) is 0 Å². The highest BCUT2D eigenvalue weighted by Gasteiger charge is 2.29. The van der Waals surface area contributed by atoms with Crippen LogP contribution < -0.4 is 5.73 Å². The second-order valence-electron chi connectivity index (χ2n) is 5.99. The van der Waals surface area contributed by atoms with Crippen LogP contribution >= 0.6 is 24.8 Å². The summed E-state index contributed by atoms with van der Waals surface area (Å²) in [7, 11) is 0. The predicted molar refractivity (Wildman–Crippen MR) is 98.6 cm³/mol. The van der Waals surface area contributed by atoms with Gasteiger partial charge in [-0.3, -0.25) is 9.78 Å². The van der Waals surface area contributed by atoms with E-state index in [4.69, 9.17) is 5.73 Å². The molecule has 1 aliphatic heterocycles. The van der Waals surface area contributed by atoms with Crippen LogP contribution in [0.3, 0.4) is 0 Å². The molecule has 2 heterocycles. The molecule has 4 nitrogen and oxygen atoms in total. The van der Waals surface area contributed by atoms with E-state index in [0.717, 1.165) is 41.7 Å². The number of aryl methyl sites for hydroxylation is 1. The first-order chi connectivity index (χ1) is 10.1. The van der Waals surface area contributed by atoms with Gasteiger partial charge in [0.15, 0.2) is 0 Å². The molecule has 0 spiro atoms. The number of likely N-dealkylation sites (tertiary alicyclic amines) is 1. The monoisotopic (exact) mass is 355 g/mol. The summed E-state index contributed by atoms with van der Waals surface area (Å²) in [5, 5.41) is 0.928. The molecule has 1 aliphatic rings. The average molecular weight is 356 g/mol. The Morgan fingerprint density at radius 1 is 1.35 bits per heavy atom. The Hall–Kier alpha value is -1.36. The molecule has 1 aromatic carbocycles. The molecule has 126 valence electrons. The molecule has 1 aromatic heterocycles. The number of hydrogen-bond donors (Lipinski definition) is 1. The Kier molecular flexibility index (Phi) is 6.81. The summed E-state index contributed by atoms with van der Waals surface area (Å²) in [6.45, 7) is 5.50. The number of pyridine rings is 1. The topological polar surface area (TPSA) is 59.2 Å². The van der Waals surface area contributed by atoms with Crippen molar-refractivity contribution in [3.8, 4) is 0 Å². The lowest BCUT2D eigenvalue weighted by Crippen LogP contribution is -2.33. The van der Waals surface area contributed by atoms with E-state index >= 15 is 0 Å². The zero-order valence-corrected chi connectivity index (χ0v) is 15.0. The Labute approximate surface area is 149 Å². The first kappa shape index (κ1) is 19.7. The van der Waals surface area contributed by atoms with E-state index in [1.807, 2.05) is 49.1 Å². The van der Waals surface area contributed by atoms with Crippen LogP contribution in [0.1, 0.15) is 29.4 Å². The molecule has 0 bridgehead atoms. The van der Waals surface area contributed by atoms with Crippen molar-refractivity contribution in [2.24, 2.45) is 11.7 Å². The Morgan fingerprint density at radius 2 is 2.04 bits per heavy atom. The van der Waals surface area contributed by atoms with Crippen molar-refractivity contribution in [2.75, 3.05) is 13.1 Å². The molecule has 2 atom stereocenters. The first-order valence-electron chi connectivity index (χ1n) is 7.47. The van der Waals surface area contributed by atoms with Crippen molar-refractivity contribution >= 4 is 41.6 Å². The summed E-state index contributed by atoms with van der Waals surface area (Å²) in [4.78, 5) is 19.3. The van der Waals surface area contributed by atoms with Crippen LogP contribution in [-0.4, -0.2) is 34.9 Å². The van der Waals surface area contributed by atoms with Crippen molar-refractivity contribution in [1.82, 2.24) is 9.88 Å². The number of benzene rings is 1. The highest BCUT2D eigenvalue weighted by molar-refractivity contribution is 6.06. The lowest BCUT2D eigenvalue weighted by Gasteiger charge is -2.19. The van der Waals surface area contributed by atoms with E-state index in [2.05, 4.69) is 4.98 Å².